The van der Waals surface area contributed by atoms with Gasteiger partial charge in [-0.1, -0.05) is 6.42 Å². The summed E-state index contributed by atoms with van der Waals surface area (Å²) in [5.74, 6) is -0.234. The van der Waals surface area contributed by atoms with Gasteiger partial charge in [0, 0.05) is 36.5 Å². The summed E-state index contributed by atoms with van der Waals surface area (Å²) >= 11 is 0. The van der Waals surface area contributed by atoms with Crippen molar-refractivity contribution in [1.29, 1.82) is 0 Å². The molecule has 1 aliphatic carbocycles. The molecular weight excluding hydrogens is 446 g/mol. The summed E-state index contributed by atoms with van der Waals surface area (Å²) in [5, 5.41) is 9.69. The van der Waals surface area contributed by atoms with Crippen molar-refractivity contribution in [2.75, 3.05) is 12.0 Å². The normalized spacial score (nSPS) is 22.1. The molecule has 9 nitrogen and oxygen atoms in total. The van der Waals surface area contributed by atoms with Crippen LogP contribution in [-0.4, -0.2) is 49.8 Å². The molecule has 2 aromatic heterocycles. The minimum atomic E-state index is -0.731. The summed E-state index contributed by atoms with van der Waals surface area (Å²) in [6, 6.07) is 4.08. The predicted octanol–water partition coefficient (Wildman–Crippen LogP) is 4.45. The fourth-order valence-electron chi connectivity index (χ4n) is 5.65. The Labute approximate surface area is 204 Å². The van der Waals surface area contributed by atoms with Crippen molar-refractivity contribution in [3.8, 4) is 0 Å². The van der Waals surface area contributed by atoms with E-state index in [0.29, 0.717) is 19.3 Å². The number of amides is 1. The Morgan fingerprint density at radius 2 is 2.00 bits per heavy atom. The summed E-state index contributed by atoms with van der Waals surface area (Å²) in [6.07, 6.45) is 8.34. The molecule has 184 valence electrons. The molecule has 0 saturated heterocycles. The van der Waals surface area contributed by atoms with Crippen LogP contribution in [0.5, 0.6) is 0 Å². The van der Waals surface area contributed by atoms with Gasteiger partial charge in [0.25, 0.3) is 0 Å². The molecule has 1 aromatic carbocycles. The third-order valence-electron chi connectivity index (χ3n) is 7.43. The van der Waals surface area contributed by atoms with Crippen molar-refractivity contribution in [2.45, 2.75) is 70.9 Å². The molecule has 9 heteroatoms. The second-order valence-corrected chi connectivity index (χ2v) is 9.74. The number of carbonyl (C=O) groups is 2. The van der Waals surface area contributed by atoms with Crippen LogP contribution in [0, 0.1) is 12.8 Å². The molecular formula is C26H31N5O4. The lowest BCUT2D eigenvalue weighted by molar-refractivity contribution is -0.143. The number of rotatable bonds is 4. The zero-order chi connectivity index (χ0) is 24.7. The van der Waals surface area contributed by atoms with Crippen LogP contribution in [0.2, 0.25) is 0 Å². The van der Waals surface area contributed by atoms with Crippen molar-refractivity contribution >= 4 is 28.8 Å². The molecule has 1 saturated carbocycles. The summed E-state index contributed by atoms with van der Waals surface area (Å²) in [4.78, 5) is 40.1. The zero-order valence-electron chi connectivity index (χ0n) is 20.4. The average molecular weight is 478 g/mol. The first-order chi connectivity index (χ1) is 16.9. The van der Waals surface area contributed by atoms with Gasteiger partial charge in [-0.3, -0.25) is 19.7 Å². The predicted molar refractivity (Wildman–Crippen MR) is 131 cm³/mol. The smallest absolute Gasteiger partial charge is 0.414 e. The minimum Gasteiger partial charge on any atom is -0.481 e. The van der Waals surface area contributed by atoms with E-state index in [1.54, 1.807) is 17.3 Å². The minimum absolute atomic E-state index is 0.0338. The number of hydrogen-bond acceptors (Lipinski definition) is 6. The van der Waals surface area contributed by atoms with Gasteiger partial charge in [-0.2, -0.15) is 0 Å². The van der Waals surface area contributed by atoms with E-state index >= 15 is 0 Å². The number of fused-ring (bicyclic) bond motifs is 3. The molecule has 3 atom stereocenters. The maximum atomic E-state index is 12.6. The lowest BCUT2D eigenvalue weighted by atomic mass is 9.85. The van der Waals surface area contributed by atoms with Crippen molar-refractivity contribution in [3.63, 3.8) is 0 Å². The number of hydrogen-bond donors (Lipinski definition) is 1. The van der Waals surface area contributed by atoms with Gasteiger partial charge < -0.3 is 14.4 Å². The number of carboxylic acid groups (broad SMARTS) is 1. The van der Waals surface area contributed by atoms with Crippen molar-refractivity contribution in [1.82, 2.24) is 19.5 Å². The number of carbonyl (C=O) groups excluding carboxylic acids is 1. The Hall–Kier alpha value is -3.49. The van der Waals surface area contributed by atoms with Crippen molar-refractivity contribution < 1.29 is 19.4 Å². The van der Waals surface area contributed by atoms with E-state index in [0.717, 1.165) is 65.2 Å². The number of benzene rings is 1. The van der Waals surface area contributed by atoms with E-state index in [1.165, 1.54) is 7.11 Å². The molecule has 5 rings (SSSR count). The van der Waals surface area contributed by atoms with Crippen LogP contribution in [0.15, 0.2) is 24.5 Å². The van der Waals surface area contributed by atoms with E-state index in [-0.39, 0.29) is 24.1 Å². The van der Waals surface area contributed by atoms with Gasteiger partial charge in [-0.15, -0.1) is 0 Å². The molecule has 35 heavy (non-hydrogen) atoms. The van der Waals surface area contributed by atoms with Crippen LogP contribution in [0.3, 0.4) is 0 Å². The van der Waals surface area contributed by atoms with E-state index < -0.39 is 5.97 Å². The highest BCUT2D eigenvalue weighted by molar-refractivity contribution is 5.95. The molecule has 2 aliphatic rings. The van der Waals surface area contributed by atoms with Gasteiger partial charge in [-0.05, 0) is 58.1 Å². The van der Waals surface area contributed by atoms with E-state index in [4.69, 9.17) is 9.72 Å². The topological polar surface area (TPSA) is 110 Å². The van der Waals surface area contributed by atoms with Gasteiger partial charge in [0.05, 0.1) is 41.1 Å². The second-order valence-electron chi connectivity index (χ2n) is 9.74. The van der Waals surface area contributed by atoms with Crippen LogP contribution in [0.4, 0.5) is 10.5 Å². The molecule has 1 fully saturated rings. The number of aryl methyl sites for hydroxylation is 2. The lowest BCUT2D eigenvalue weighted by Crippen LogP contribution is -2.42. The third kappa shape index (κ3) is 4.24. The third-order valence-corrected chi connectivity index (χ3v) is 7.43. The molecule has 0 unspecified atom stereocenters. The largest absolute Gasteiger partial charge is 0.481 e. The first-order valence-corrected chi connectivity index (χ1v) is 12.3. The Bertz CT molecular complexity index is 1270. The number of ether oxygens (including phenoxy) is 1. The number of imidazole rings is 1. The van der Waals surface area contributed by atoms with Crippen LogP contribution in [0.25, 0.3) is 11.0 Å². The molecule has 1 aliphatic heterocycles. The number of anilines is 1. The average Bonchev–Trinajstić information content (AvgIpc) is 3.23. The number of methoxy groups -OCH3 is 1. The Morgan fingerprint density at radius 1 is 1.17 bits per heavy atom. The van der Waals surface area contributed by atoms with E-state index in [9.17, 15) is 14.7 Å². The quantitative estimate of drug-likeness (QED) is 0.591. The zero-order valence-corrected chi connectivity index (χ0v) is 20.4. The summed E-state index contributed by atoms with van der Waals surface area (Å²) < 4.78 is 7.30. The Morgan fingerprint density at radius 3 is 2.71 bits per heavy atom. The first kappa shape index (κ1) is 23.3. The highest BCUT2D eigenvalue weighted by Crippen LogP contribution is 2.40. The molecule has 1 N–H and O–H groups in total. The van der Waals surface area contributed by atoms with E-state index in [1.807, 2.05) is 26.0 Å². The van der Waals surface area contributed by atoms with Gasteiger partial charge in [0.2, 0.25) is 0 Å². The van der Waals surface area contributed by atoms with Crippen molar-refractivity contribution in [2.24, 2.45) is 5.92 Å². The standard InChI is InChI=1S/C26H31N5O4/c1-15-13-28-18(14-27-15)12-23-29-24-20-8-7-16(2)30(26(34)35-3)21(20)9-10-22(24)31(23)19-6-4-5-17(11-19)25(32)33/h9-10,13-14,16-17,19H,4-8,11-12H2,1-3H3,(H,32,33)/t16-,17+,19+/m0/s1. The SMILES string of the molecule is COC(=O)N1c2ccc3c(nc(Cc4cnc(C)cn4)n3[C@@H]3CCC[C@@H](C(=O)O)C3)c2CC[C@@H]1C. The van der Waals surface area contributed by atoms with Gasteiger partial charge in [0.1, 0.15) is 5.82 Å². The molecule has 3 heterocycles. The molecule has 1 amide bonds. The van der Waals surface area contributed by atoms with Gasteiger partial charge in [0.15, 0.2) is 0 Å². The lowest BCUT2D eigenvalue weighted by Gasteiger charge is -2.34. The number of carboxylic acids is 1. The Balaban J connectivity index is 1.65. The van der Waals surface area contributed by atoms with Crippen LogP contribution in [-0.2, 0) is 22.4 Å². The fourth-order valence-corrected chi connectivity index (χ4v) is 5.65. The maximum Gasteiger partial charge on any atom is 0.414 e. The maximum absolute atomic E-state index is 12.6. The van der Waals surface area contributed by atoms with E-state index in [2.05, 4.69) is 14.5 Å². The summed E-state index contributed by atoms with van der Waals surface area (Å²) in [5.41, 5.74) is 5.39. The summed E-state index contributed by atoms with van der Waals surface area (Å²) in [6.45, 7) is 3.93. The van der Waals surface area contributed by atoms with Crippen LogP contribution < -0.4 is 4.90 Å². The number of nitrogens with zero attached hydrogens (tertiary/aromatic N) is 5. The van der Waals surface area contributed by atoms with Crippen molar-refractivity contribution in [3.05, 3.63) is 47.3 Å². The second kappa shape index (κ2) is 9.28. The number of aromatic nitrogens is 4. The monoisotopic (exact) mass is 477 g/mol. The summed E-state index contributed by atoms with van der Waals surface area (Å²) in [7, 11) is 1.40. The Kier molecular flexibility index (Phi) is 6.17. The van der Waals surface area contributed by atoms with Gasteiger partial charge in [-0.25, -0.2) is 9.78 Å². The first-order valence-electron chi connectivity index (χ1n) is 12.3. The molecule has 3 aromatic rings. The van der Waals surface area contributed by atoms with Gasteiger partial charge >= 0.3 is 12.1 Å². The molecule has 0 spiro atoms. The van der Waals surface area contributed by atoms with Crippen LogP contribution >= 0.6 is 0 Å². The molecule has 0 bridgehead atoms. The number of aliphatic carboxylic acids is 1. The van der Waals surface area contributed by atoms with Crippen LogP contribution in [0.1, 0.15) is 67.8 Å². The molecule has 0 radical (unpaired) electrons. The highest BCUT2D eigenvalue weighted by Gasteiger charge is 2.34. The highest BCUT2D eigenvalue weighted by atomic mass is 16.5. The fraction of sp³-hybridized carbons (Fsp3) is 0.500.